The van der Waals surface area contributed by atoms with Crippen LogP contribution in [-0.4, -0.2) is 50.1 Å². The number of carbonyl (C=O) groups excluding carboxylic acids is 1. The maximum atomic E-state index is 12.5. The molecule has 1 amide bonds. The molecule has 20 heavy (non-hydrogen) atoms. The molecule has 1 aromatic rings. The van der Waals surface area contributed by atoms with Gasteiger partial charge < -0.3 is 10.2 Å². The van der Waals surface area contributed by atoms with Gasteiger partial charge in [0.1, 0.15) is 0 Å². The molecule has 2 rings (SSSR count). The molecule has 4 nitrogen and oxygen atoms in total. The smallest absolute Gasteiger partial charge is 0.241 e. The summed E-state index contributed by atoms with van der Waals surface area (Å²) in [5.41, 5.74) is 0.988. The monoisotopic (exact) mass is 275 g/mol. The van der Waals surface area contributed by atoms with Crippen molar-refractivity contribution in [3.63, 3.8) is 0 Å². The van der Waals surface area contributed by atoms with E-state index in [2.05, 4.69) is 10.2 Å². The van der Waals surface area contributed by atoms with E-state index in [0.717, 1.165) is 25.2 Å². The molecule has 1 atom stereocenters. The summed E-state index contributed by atoms with van der Waals surface area (Å²) in [6, 6.07) is 10.4. The molecular weight excluding hydrogens is 250 g/mol. The Bertz CT molecular complexity index is 421. The number of rotatable bonds is 5. The average molecular weight is 275 g/mol. The number of piperidine rings is 1. The van der Waals surface area contributed by atoms with Gasteiger partial charge in [-0.05, 0) is 45.5 Å². The maximum absolute atomic E-state index is 12.5. The van der Waals surface area contributed by atoms with E-state index in [0.29, 0.717) is 19.1 Å². The molecule has 1 N–H and O–H groups in total. The third-order valence-electron chi connectivity index (χ3n) is 3.96. The second-order valence-electron chi connectivity index (χ2n) is 5.34. The zero-order chi connectivity index (χ0) is 14.4. The molecule has 110 valence electrons. The predicted molar refractivity (Wildman–Crippen MR) is 83.0 cm³/mol. The van der Waals surface area contributed by atoms with Crippen molar-refractivity contribution in [2.75, 3.05) is 38.1 Å². The van der Waals surface area contributed by atoms with Crippen LogP contribution < -0.4 is 10.2 Å². The average Bonchev–Trinajstić information content (AvgIpc) is 2.49. The quantitative estimate of drug-likeness (QED) is 0.889. The van der Waals surface area contributed by atoms with Gasteiger partial charge in [-0.1, -0.05) is 18.2 Å². The highest BCUT2D eigenvalue weighted by Crippen LogP contribution is 2.15. The molecule has 1 fully saturated rings. The van der Waals surface area contributed by atoms with E-state index < -0.39 is 0 Å². The molecule has 0 aromatic heterocycles. The molecule has 0 saturated carbocycles. The van der Waals surface area contributed by atoms with Crippen LogP contribution in [0.1, 0.15) is 19.8 Å². The van der Waals surface area contributed by atoms with Crippen LogP contribution in [0.15, 0.2) is 30.3 Å². The SMILES string of the molecule is CCN(C(=O)CN1CCCC(NC)C1)c1ccccc1. The zero-order valence-electron chi connectivity index (χ0n) is 12.5. The van der Waals surface area contributed by atoms with Crippen molar-refractivity contribution in [3.05, 3.63) is 30.3 Å². The molecule has 1 saturated heterocycles. The summed E-state index contributed by atoms with van der Waals surface area (Å²) in [7, 11) is 2.00. The Hall–Kier alpha value is -1.39. The Morgan fingerprint density at radius 2 is 2.15 bits per heavy atom. The molecule has 1 aliphatic rings. The summed E-state index contributed by atoms with van der Waals surface area (Å²) in [5.74, 6) is 0.190. The first kappa shape index (κ1) is 15.0. The van der Waals surface area contributed by atoms with E-state index in [1.807, 2.05) is 49.2 Å². The van der Waals surface area contributed by atoms with Gasteiger partial charge in [-0.15, -0.1) is 0 Å². The number of likely N-dealkylation sites (N-methyl/N-ethyl adjacent to an activating group) is 2. The van der Waals surface area contributed by atoms with E-state index in [1.165, 1.54) is 6.42 Å². The van der Waals surface area contributed by atoms with Crippen molar-refractivity contribution in [1.82, 2.24) is 10.2 Å². The fourth-order valence-electron chi connectivity index (χ4n) is 2.82. The van der Waals surface area contributed by atoms with Gasteiger partial charge in [0.15, 0.2) is 0 Å². The van der Waals surface area contributed by atoms with E-state index >= 15 is 0 Å². The highest BCUT2D eigenvalue weighted by Gasteiger charge is 2.22. The summed E-state index contributed by atoms with van der Waals surface area (Å²) < 4.78 is 0. The first-order valence-corrected chi connectivity index (χ1v) is 7.49. The van der Waals surface area contributed by atoms with Crippen molar-refractivity contribution in [2.24, 2.45) is 0 Å². The van der Waals surface area contributed by atoms with Gasteiger partial charge in [0.05, 0.1) is 6.54 Å². The summed E-state index contributed by atoms with van der Waals surface area (Å²) in [6.45, 7) is 5.25. The van der Waals surface area contributed by atoms with E-state index in [1.54, 1.807) is 0 Å². The molecule has 1 unspecified atom stereocenters. The summed E-state index contributed by atoms with van der Waals surface area (Å²) >= 11 is 0. The molecular formula is C16H25N3O. The number of hydrogen-bond acceptors (Lipinski definition) is 3. The molecule has 0 aliphatic carbocycles. The Balaban J connectivity index is 1.96. The molecule has 1 heterocycles. The van der Waals surface area contributed by atoms with Crippen molar-refractivity contribution in [3.8, 4) is 0 Å². The van der Waals surface area contributed by atoms with Crippen molar-refractivity contribution in [1.29, 1.82) is 0 Å². The van der Waals surface area contributed by atoms with Crippen LogP contribution in [0, 0.1) is 0 Å². The highest BCUT2D eigenvalue weighted by molar-refractivity contribution is 5.94. The second-order valence-corrected chi connectivity index (χ2v) is 5.34. The van der Waals surface area contributed by atoms with E-state index in [-0.39, 0.29) is 5.91 Å². The number of amides is 1. The summed E-state index contributed by atoms with van der Waals surface area (Å²) in [6.07, 6.45) is 2.37. The van der Waals surface area contributed by atoms with Gasteiger partial charge in [0.25, 0.3) is 0 Å². The Labute approximate surface area is 121 Å². The third kappa shape index (κ3) is 3.81. The molecule has 0 spiro atoms. The zero-order valence-corrected chi connectivity index (χ0v) is 12.5. The van der Waals surface area contributed by atoms with Crippen LogP contribution in [0.2, 0.25) is 0 Å². The number of hydrogen-bond donors (Lipinski definition) is 1. The van der Waals surface area contributed by atoms with Crippen molar-refractivity contribution in [2.45, 2.75) is 25.8 Å². The first-order valence-electron chi connectivity index (χ1n) is 7.49. The first-order chi connectivity index (χ1) is 9.74. The minimum atomic E-state index is 0.190. The van der Waals surface area contributed by atoms with Crippen LogP contribution >= 0.6 is 0 Å². The predicted octanol–water partition coefficient (Wildman–Crippen LogP) is 1.72. The van der Waals surface area contributed by atoms with Crippen LogP contribution in [-0.2, 0) is 4.79 Å². The summed E-state index contributed by atoms with van der Waals surface area (Å²) in [5, 5.41) is 3.32. The Morgan fingerprint density at radius 3 is 2.80 bits per heavy atom. The fourth-order valence-corrected chi connectivity index (χ4v) is 2.82. The standard InChI is InChI=1S/C16H25N3O/c1-3-19(15-9-5-4-6-10-15)16(20)13-18-11-7-8-14(12-18)17-2/h4-6,9-10,14,17H,3,7-8,11-13H2,1-2H3. The lowest BCUT2D eigenvalue weighted by Gasteiger charge is -2.33. The van der Waals surface area contributed by atoms with Crippen LogP contribution in [0.3, 0.4) is 0 Å². The van der Waals surface area contributed by atoms with Gasteiger partial charge in [-0.3, -0.25) is 9.69 Å². The van der Waals surface area contributed by atoms with Crippen LogP contribution in [0.25, 0.3) is 0 Å². The molecule has 1 aromatic carbocycles. The highest BCUT2D eigenvalue weighted by atomic mass is 16.2. The number of likely N-dealkylation sites (tertiary alicyclic amines) is 1. The number of anilines is 1. The normalized spacial score (nSPS) is 19.8. The minimum Gasteiger partial charge on any atom is -0.316 e. The Morgan fingerprint density at radius 1 is 1.40 bits per heavy atom. The van der Waals surface area contributed by atoms with Gasteiger partial charge in [0, 0.05) is 24.8 Å². The Kier molecular flexibility index (Phi) is 5.56. The van der Waals surface area contributed by atoms with Gasteiger partial charge in [-0.25, -0.2) is 0 Å². The largest absolute Gasteiger partial charge is 0.316 e. The molecule has 4 heteroatoms. The lowest BCUT2D eigenvalue weighted by molar-refractivity contribution is -0.120. The number of para-hydroxylation sites is 1. The molecule has 0 bridgehead atoms. The number of nitrogens with zero attached hydrogens (tertiary/aromatic N) is 2. The fraction of sp³-hybridized carbons (Fsp3) is 0.562. The topological polar surface area (TPSA) is 35.6 Å². The molecule has 1 aliphatic heterocycles. The van der Waals surface area contributed by atoms with E-state index in [9.17, 15) is 4.79 Å². The van der Waals surface area contributed by atoms with Crippen molar-refractivity contribution >= 4 is 11.6 Å². The number of nitrogens with one attached hydrogen (secondary N) is 1. The molecule has 0 radical (unpaired) electrons. The van der Waals surface area contributed by atoms with Gasteiger partial charge in [-0.2, -0.15) is 0 Å². The van der Waals surface area contributed by atoms with Crippen LogP contribution in [0.5, 0.6) is 0 Å². The van der Waals surface area contributed by atoms with Crippen LogP contribution in [0.4, 0.5) is 5.69 Å². The van der Waals surface area contributed by atoms with Crippen molar-refractivity contribution < 1.29 is 4.79 Å². The lowest BCUT2D eigenvalue weighted by atomic mass is 10.1. The summed E-state index contributed by atoms with van der Waals surface area (Å²) in [4.78, 5) is 16.6. The van der Waals surface area contributed by atoms with E-state index in [4.69, 9.17) is 0 Å². The second kappa shape index (κ2) is 7.41. The number of carbonyl (C=O) groups is 1. The minimum absolute atomic E-state index is 0.190. The third-order valence-corrected chi connectivity index (χ3v) is 3.96. The van der Waals surface area contributed by atoms with Gasteiger partial charge >= 0.3 is 0 Å². The number of benzene rings is 1. The lowest BCUT2D eigenvalue weighted by Crippen LogP contribution is -2.48. The van der Waals surface area contributed by atoms with Gasteiger partial charge in [0.2, 0.25) is 5.91 Å². The maximum Gasteiger partial charge on any atom is 0.241 e.